The van der Waals surface area contributed by atoms with Crippen LogP contribution in [0.15, 0.2) is 72.8 Å². The molecule has 0 atom stereocenters. The van der Waals surface area contributed by atoms with E-state index in [9.17, 15) is 14.7 Å². The minimum atomic E-state index is -0.630. The molecule has 5 aromatic rings. The molecule has 2 heterocycles. The maximum atomic E-state index is 13.7. The van der Waals surface area contributed by atoms with E-state index < -0.39 is 11.2 Å². The van der Waals surface area contributed by atoms with Crippen LogP contribution in [0.5, 0.6) is 11.5 Å². The minimum Gasteiger partial charge on any atom is -0.507 e. The number of hydrogen-bond donors (Lipinski definition) is 4. The Morgan fingerprint density at radius 2 is 1.71 bits per heavy atom. The molecule has 4 aromatic carbocycles. The second-order valence-electron chi connectivity index (χ2n) is 13.3. The van der Waals surface area contributed by atoms with Gasteiger partial charge in [0.15, 0.2) is 0 Å². The Morgan fingerprint density at radius 1 is 0.980 bits per heavy atom. The summed E-state index contributed by atoms with van der Waals surface area (Å²) in [6, 6.07) is 21.7. The third-order valence-corrected chi connectivity index (χ3v) is 8.42. The SMILES string of the molecule is CCl.Cc1cccc2c(O)cc3c(c12)CCN3C(=O)c1cc2cc(NC(=O)c3ccc(OC(C)(C)COC(C)(C)CON)cc3)ccc2[nH]1. The Kier molecular flexibility index (Phi) is 10.5. The molecule has 0 saturated heterocycles. The van der Waals surface area contributed by atoms with Crippen molar-refractivity contribution in [3.8, 4) is 11.5 Å². The number of phenols is 1. The van der Waals surface area contributed by atoms with Gasteiger partial charge in [0.05, 0.1) is 24.5 Å². The summed E-state index contributed by atoms with van der Waals surface area (Å²) in [4.78, 5) is 36.4. The standard InChI is InChI=1S/C37H40N4O6.CH3Cl/c1-22-7-6-8-28-32(42)19-31-27(33(22)28)15-16-41(31)35(44)30-18-24-17-25(11-14-29(24)40-30)39-34(43)23-9-12-26(13-10-23)47-37(4,5)20-45-36(2,3)21-46-38;1-2/h6-14,17-19,40,42H,15-16,20-21,38H2,1-5H3,(H,39,43);1H3. The van der Waals surface area contributed by atoms with Crippen LogP contribution in [0.4, 0.5) is 11.4 Å². The largest absolute Gasteiger partial charge is 0.507 e. The molecule has 6 rings (SSSR count). The number of amides is 2. The zero-order chi connectivity index (χ0) is 35.5. The minimum absolute atomic E-state index is 0.161. The smallest absolute Gasteiger partial charge is 0.274 e. The number of nitrogens with zero attached hydrogens (tertiary/aromatic N) is 1. The summed E-state index contributed by atoms with van der Waals surface area (Å²) in [5.74, 6) is 5.51. The second-order valence-corrected chi connectivity index (χ2v) is 13.3. The summed E-state index contributed by atoms with van der Waals surface area (Å²) < 4.78 is 12.0. The Labute approximate surface area is 291 Å². The number of benzene rings is 4. The van der Waals surface area contributed by atoms with Gasteiger partial charge in [-0.1, -0.05) is 18.2 Å². The van der Waals surface area contributed by atoms with Gasteiger partial charge in [0.2, 0.25) is 0 Å². The Morgan fingerprint density at radius 3 is 2.43 bits per heavy atom. The number of fused-ring (bicyclic) bond motifs is 4. The lowest BCUT2D eigenvalue weighted by molar-refractivity contribution is -0.114. The van der Waals surface area contributed by atoms with Gasteiger partial charge in [-0.15, -0.1) is 11.6 Å². The number of rotatable bonds is 10. The topological polar surface area (TPSA) is 139 Å². The lowest BCUT2D eigenvalue weighted by Gasteiger charge is -2.31. The van der Waals surface area contributed by atoms with Crippen LogP contribution in [0.25, 0.3) is 21.7 Å². The van der Waals surface area contributed by atoms with Gasteiger partial charge >= 0.3 is 0 Å². The van der Waals surface area contributed by atoms with Crippen LogP contribution in [0.2, 0.25) is 0 Å². The fraction of sp³-hybridized carbons (Fsp3) is 0.316. The quantitative estimate of drug-likeness (QED) is 0.0882. The molecule has 0 aliphatic carbocycles. The van der Waals surface area contributed by atoms with Gasteiger partial charge in [-0.05, 0) is 106 Å². The molecule has 1 aliphatic heterocycles. The number of halogens is 1. The molecule has 0 unspecified atom stereocenters. The van der Waals surface area contributed by atoms with E-state index >= 15 is 0 Å². The predicted octanol–water partition coefficient (Wildman–Crippen LogP) is 7.49. The molecule has 5 N–H and O–H groups in total. The zero-order valence-electron chi connectivity index (χ0n) is 28.6. The maximum Gasteiger partial charge on any atom is 0.274 e. The third-order valence-electron chi connectivity index (χ3n) is 8.42. The first kappa shape index (κ1) is 35.7. The van der Waals surface area contributed by atoms with Crippen LogP contribution < -0.4 is 20.9 Å². The molecule has 258 valence electrons. The van der Waals surface area contributed by atoms with Crippen molar-refractivity contribution in [1.29, 1.82) is 0 Å². The number of H-pyrrole nitrogens is 1. The zero-order valence-corrected chi connectivity index (χ0v) is 29.4. The molecule has 0 saturated carbocycles. The first-order valence-corrected chi connectivity index (χ1v) is 16.7. The first-order valence-electron chi connectivity index (χ1n) is 16.0. The molecular weight excluding hydrogens is 644 g/mol. The number of aromatic amines is 1. The number of nitrogens with one attached hydrogen (secondary N) is 2. The third kappa shape index (κ3) is 7.84. The van der Waals surface area contributed by atoms with Gasteiger partial charge in [-0.25, -0.2) is 5.90 Å². The van der Waals surface area contributed by atoms with E-state index in [0.717, 1.165) is 38.5 Å². The number of hydrogen-bond acceptors (Lipinski definition) is 7. The molecule has 1 aliphatic rings. The Bertz CT molecular complexity index is 1990. The van der Waals surface area contributed by atoms with E-state index in [4.69, 9.17) is 20.2 Å². The van der Waals surface area contributed by atoms with Crippen LogP contribution in [-0.4, -0.2) is 59.2 Å². The molecule has 0 spiro atoms. The van der Waals surface area contributed by atoms with Crippen LogP contribution >= 0.6 is 11.6 Å². The highest BCUT2D eigenvalue weighted by molar-refractivity contribution is 6.15. The van der Waals surface area contributed by atoms with Gasteiger partial charge in [-0.2, -0.15) is 0 Å². The summed E-state index contributed by atoms with van der Waals surface area (Å²) in [6.45, 7) is 10.7. The van der Waals surface area contributed by atoms with E-state index in [1.165, 1.54) is 6.38 Å². The number of carbonyl (C=O) groups is 2. The van der Waals surface area contributed by atoms with Gasteiger partial charge in [-0.3, -0.25) is 9.59 Å². The van der Waals surface area contributed by atoms with E-state index in [1.54, 1.807) is 47.4 Å². The molecular formula is C38H43ClN4O6. The van der Waals surface area contributed by atoms with Crippen molar-refractivity contribution < 1.29 is 29.0 Å². The number of phenolic OH excluding ortho intramolecular Hbond substituents is 1. The number of aromatic nitrogens is 1. The van der Waals surface area contributed by atoms with Crippen molar-refractivity contribution in [2.75, 3.05) is 36.4 Å². The van der Waals surface area contributed by atoms with Crippen molar-refractivity contribution in [2.24, 2.45) is 5.90 Å². The fourth-order valence-electron chi connectivity index (χ4n) is 6.06. The molecule has 11 heteroatoms. The van der Waals surface area contributed by atoms with Crippen LogP contribution in [0, 0.1) is 6.92 Å². The van der Waals surface area contributed by atoms with Gasteiger partial charge in [0, 0.05) is 46.5 Å². The molecule has 1 aromatic heterocycles. The van der Waals surface area contributed by atoms with Crippen LogP contribution in [-0.2, 0) is 16.0 Å². The average molecular weight is 687 g/mol. The summed E-state index contributed by atoms with van der Waals surface area (Å²) >= 11 is 4.64. The Balaban J connectivity index is 0.00000230. The molecule has 0 fully saturated rings. The maximum absolute atomic E-state index is 13.7. The summed E-state index contributed by atoms with van der Waals surface area (Å²) in [7, 11) is 0. The van der Waals surface area contributed by atoms with Crippen molar-refractivity contribution in [2.45, 2.75) is 52.2 Å². The highest BCUT2D eigenvalue weighted by Crippen LogP contribution is 2.41. The van der Waals surface area contributed by atoms with E-state index in [0.29, 0.717) is 42.3 Å². The molecule has 2 amide bonds. The molecule has 10 nitrogen and oxygen atoms in total. The van der Waals surface area contributed by atoms with Crippen LogP contribution in [0.1, 0.15) is 59.7 Å². The second kappa shape index (κ2) is 14.5. The number of ether oxygens (including phenoxy) is 2. The van der Waals surface area contributed by atoms with Gasteiger partial charge in [0.25, 0.3) is 11.8 Å². The highest BCUT2D eigenvalue weighted by Gasteiger charge is 2.30. The number of carbonyl (C=O) groups excluding carboxylic acids is 2. The van der Waals surface area contributed by atoms with Crippen molar-refractivity contribution in [3.63, 3.8) is 0 Å². The lowest BCUT2D eigenvalue weighted by atomic mass is 9.97. The number of nitrogens with two attached hydrogens (primary N) is 1. The number of aromatic hydroxyl groups is 1. The molecule has 0 bridgehead atoms. The molecule has 49 heavy (non-hydrogen) atoms. The monoisotopic (exact) mass is 686 g/mol. The fourth-order valence-corrected chi connectivity index (χ4v) is 6.06. The van der Waals surface area contributed by atoms with Gasteiger partial charge < -0.3 is 34.6 Å². The van der Waals surface area contributed by atoms with Gasteiger partial charge in [0.1, 0.15) is 22.8 Å². The van der Waals surface area contributed by atoms with Crippen molar-refractivity contribution in [3.05, 3.63) is 95.2 Å². The van der Waals surface area contributed by atoms with Crippen molar-refractivity contribution >= 4 is 56.5 Å². The van der Waals surface area contributed by atoms with Crippen LogP contribution in [0.3, 0.4) is 0 Å². The van der Waals surface area contributed by atoms with E-state index in [1.807, 2.05) is 65.0 Å². The first-order chi connectivity index (χ1) is 23.3. The summed E-state index contributed by atoms with van der Waals surface area (Å²) in [5, 5.41) is 16.3. The summed E-state index contributed by atoms with van der Waals surface area (Å²) in [6.07, 6.45) is 2.18. The van der Waals surface area contributed by atoms with E-state index in [-0.39, 0.29) is 24.2 Å². The number of alkyl halides is 1. The van der Waals surface area contributed by atoms with Crippen molar-refractivity contribution in [1.82, 2.24) is 4.98 Å². The summed E-state index contributed by atoms with van der Waals surface area (Å²) in [5.41, 5.74) is 3.95. The van der Waals surface area contributed by atoms with E-state index in [2.05, 4.69) is 21.9 Å². The normalized spacial score (nSPS) is 12.9. The molecule has 0 radical (unpaired) electrons. The lowest BCUT2D eigenvalue weighted by Crippen LogP contribution is -2.41. The number of anilines is 2. The number of aryl methyl sites for hydroxylation is 1. The predicted molar refractivity (Wildman–Crippen MR) is 195 cm³/mol. The average Bonchev–Trinajstić information content (AvgIpc) is 3.69. The highest BCUT2D eigenvalue weighted by atomic mass is 35.5. The Hall–Kier alpha value is -4.61.